The molecule has 3 aromatic rings. The Kier molecular flexibility index (Phi) is 6.00. The molecule has 3 heterocycles. The second-order valence-electron chi connectivity index (χ2n) is 6.35. The molecule has 0 unspecified atom stereocenters. The van der Waals surface area contributed by atoms with E-state index >= 15 is 0 Å². The number of ketones is 1. The van der Waals surface area contributed by atoms with E-state index < -0.39 is 5.97 Å². The molecular weight excluding hydrogens is 382 g/mol. The van der Waals surface area contributed by atoms with E-state index in [2.05, 4.69) is 15.5 Å². The monoisotopic (exact) mass is 403 g/mol. The SMILES string of the molecule is COC[C@@H](C)n1c(C)cc(C(=O)COC(=O)c2sccc2-n2cnnn2)c1C. The number of ether oxygens (including phenoxy) is 2. The van der Waals surface area contributed by atoms with E-state index in [-0.39, 0.29) is 18.4 Å². The van der Waals surface area contributed by atoms with Crippen molar-refractivity contribution in [3.63, 3.8) is 0 Å². The Morgan fingerprint density at radius 2 is 2.11 bits per heavy atom. The summed E-state index contributed by atoms with van der Waals surface area (Å²) < 4.78 is 13.9. The first-order valence-corrected chi connectivity index (χ1v) is 9.50. The van der Waals surface area contributed by atoms with Gasteiger partial charge in [-0.05, 0) is 48.7 Å². The fourth-order valence-electron chi connectivity index (χ4n) is 3.24. The van der Waals surface area contributed by atoms with Crippen LogP contribution in [0.5, 0.6) is 0 Å². The number of tetrazole rings is 1. The first-order chi connectivity index (χ1) is 13.4. The summed E-state index contributed by atoms with van der Waals surface area (Å²) >= 11 is 1.20. The summed E-state index contributed by atoms with van der Waals surface area (Å²) in [6.07, 6.45) is 1.39. The van der Waals surface area contributed by atoms with Gasteiger partial charge in [-0.3, -0.25) is 4.79 Å². The molecule has 10 heteroatoms. The summed E-state index contributed by atoms with van der Waals surface area (Å²) in [5.74, 6) is -0.840. The Bertz CT molecular complexity index is 976. The molecule has 3 rings (SSSR count). The molecule has 0 N–H and O–H groups in total. The van der Waals surface area contributed by atoms with Crippen molar-refractivity contribution in [2.45, 2.75) is 26.8 Å². The van der Waals surface area contributed by atoms with Crippen LogP contribution in [0.3, 0.4) is 0 Å². The van der Waals surface area contributed by atoms with Crippen LogP contribution < -0.4 is 0 Å². The first-order valence-electron chi connectivity index (χ1n) is 8.62. The van der Waals surface area contributed by atoms with Crippen LogP contribution in [0, 0.1) is 13.8 Å². The van der Waals surface area contributed by atoms with Crippen molar-refractivity contribution in [2.75, 3.05) is 20.3 Å². The van der Waals surface area contributed by atoms with Gasteiger partial charge in [-0.2, -0.15) is 4.68 Å². The number of carbonyl (C=O) groups is 2. The number of hydrogen-bond donors (Lipinski definition) is 0. The Balaban J connectivity index is 1.71. The summed E-state index contributed by atoms with van der Waals surface area (Å²) in [5, 5.41) is 12.6. The third kappa shape index (κ3) is 3.87. The van der Waals surface area contributed by atoms with E-state index in [1.165, 1.54) is 22.3 Å². The molecule has 0 aliphatic carbocycles. The highest BCUT2D eigenvalue weighted by Gasteiger charge is 2.22. The summed E-state index contributed by atoms with van der Waals surface area (Å²) in [7, 11) is 1.64. The molecule has 0 bridgehead atoms. The molecule has 0 saturated heterocycles. The van der Waals surface area contributed by atoms with Crippen molar-refractivity contribution in [1.29, 1.82) is 0 Å². The number of rotatable bonds is 8. The fraction of sp³-hybridized carbons (Fsp3) is 0.389. The van der Waals surface area contributed by atoms with Crippen molar-refractivity contribution in [1.82, 2.24) is 24.8 Å². The Hall–Kier alpha value is -2.85. The lowest BCUT2D eigenvalue weighted by molar-refractivity contribution is 0.0479. The van der Waals surface area contributed by atoms with Crippen molar-refractivity contribution in [3.8, 4) is 5.69 Å². The number of aryl methyl sites for hydroxylation is 1. The van der Waals surface area contributed by atoms with E-state index in [4.69, 9.17) is 9.47 Å². The number of nitrogens with zero attached hydrogens (tertiary/aromatic N) is 5. The lowest BCUT2D eigenvalue weighted by Gasteiger charge is -2.17. The molecule has 0 radical (unpaired) electrons. The van der Waals surface area contributed by atoms with E-state index in [9.17, 15) is 9.59 Å². The molecule has 28 heavy (non-hydrogen) atoms. The van der Waals surface area contributed by atoms with Crippen LogP contribution >= 0.6 is 11.3 Å². The molecule has 0 amide bonds. The third-order valence-corrected chi connectivity index (χ3v) is 5.28. The zero-order valence-electron chi connectivity index (χ0n) is 16.1. The van der Waals surface area contributed by atoms with Crippen molar-refractivity contribution >= 4 is 23.1 Å². The molecule has 148 valence electrons. The van der Waals surface area contributed by atoms with Gasteiger partial charge in [0, 0.05) is 24.1 Å². The number of aromatic nitrogens is 5. The van der Waals surface area contributed by atoms with Crippen LogP contribution in [0.15, 0.2) is 23.8 Å². The van der Waals surface area contributed by atoms with Crippen molar-refractivity contribution in [3.05, 3.63) is 45.7 Å². The van der Waals surface area contributed by atoms with Gasteiger partial charge >= 0.3 is 5.97 Å². The number of thiophene rings is 1. The number of Topliss-reactive ketones (excluding diaryl/α,β-unsaturated/α-hetero) is 1. The summed E-state index contributed by atoms with van der Waals surface area (Å²) in [5.41, 5.74) is 2.84. The quantitative estimate of drug-likeness (QED) is 0.420. The van der Waals surface area contributed by atoms with E-state index in [1.54, 1.807) is 18.6 Å². The summed E-state index contributed by atoms with van der Waals surface area (Å²) in [4.78, 5) is 25.4. The van der Waals surface area contributed by atoms with Gasteiger partial charge < -0.3 is 14.0 Å². The van der Waals surface area contributed by atoms with Crippen molar-refractivity contribution < 1.29 is 19.1 Å². The molecule has 0 aliphatic heterocycles. The van der Waals surface area contributed by atoms with Gasteiger partial charge in [0.15, 0.2) is 6.61 Å². The average Bonchev–Trinajstić information content (AvgIpc) is 3.39. The predicted molar refractivity (Wildman–Crippen MR) is 102 cm³/mol. The maximum Gasteiger partial charge on any atom is 0.351 e. The van der Waals surface area contributed by atoms with Crippen LogP contribution in [0.2, 0.25) is 0 Å². The van der Waals surface area contributed by atoms with E-state index in [0.717, 1.165) is 11.4 Å². The standard InChI is InChI=1S/C18H21N5O4S/c1-11-7-14(13(3)23(11)12(2)8-26-4)16(24)9-27-18(25)17-15(5-6-28-17)22-10-19-20-21-22/h5-7,10,12H,8-9H2,1-4H3/t12-/m1/s1. The minimum absolute atomic E-state index is 0.0964. The molecule has 0 spiro atoms. The number of carbonyl (C=O) groups excluding carboxylic acids is 2. The summed E-state index contributed by atoms with van der Waals surface area (Å²) in [6, 6.07) is 3.62. The molecule has 0 fully saturated rings. The van der Waals surface area contributed by atoms with Crippen molar-refractivity contribution in [2.24, 2.45) is 0 Å². The van der Waals surface area contributed by atoms with E-state index in [1.807, 2.05) is 31.4 Å². The normalized spacial score (nSPS) is 12.1. The van der Waals surface area contributed by atoms with Gasteiger partial charge in [0.05, 0.1) is 18.3 Å². The zero-order valence-corrected chi connectivity index (χ0v) is 16.9. The lowest BCUT2D eigenvalue weighted by Crippen LogP contribution is -2.17. The number of methoxy groups -OCH3 is 1. The second kappa shape index (κ2) is 8.44. The first kappa shape index (κ1) is 19.9. The highest BCUT2D eigenvalue weighted by molar-refractivity contribution is 7.12. The van der Waals surface area contributed by atoms with Gasteiger partial charge in [-0.1, -0.05) is 0 Å². The zero-order chi connectivity index (χ0) is 20.3. The predicted octanol–water partition coefficient (Wildman–Crippen LogP) is 2.39. The summed E-state index contributed by atoms with van der Waals surface area (Å²) in [6.45, 7) is 6.04. The van der Waals surface area contributed by atoms with Crippen LogP contribution in [0.1, 0.15) is 44.4 Å². The van der Waals surface area contributed by atoms with Gasteiger partial charge in [0.25, 0.3) is 0 Å². The molecular formula is C18H21N5O4S. The average molecular weight is 403 g/mol. The molecule has 3 aromatic heterocycles. The molecule has 0 aromatic carbocycles. The van der Waals surface area contributed by atoms with Crippen LogP contribution in [-0.2, 0) is 9.47 Å². The topological polar surface area (TPSA) is 101 Å². The van der Waals surface area contributed by atoms with Crippen LogP contribution in [0.25, 0.3) is 5.69 Å². The molecule has 1 atom stereocenters. The minimum atomic E-state index is -0.588. The Morgan fingerprint density at radius 1 is 1.32 bits per heavy atom. The van der Waals surface area contributed by atoms with Crippen LogP contribution in [0.4, 0.5) is 0 Å². The highest BCUT2D eigenvalue weighted by Crippen LogP contribution is 2.23. The van der Waals surface area contributed by atoms with Gasteiger partial charge in [-0.15, -0.1) is 16.4 Å². The number of hydrogen-bond acceptors (Lipinski definition) is 8. The highest BCUT2D eigenvalue weighted by atomic mass is 32.1. The smallest absolute Gasteiger partial charge is 0.351 e. The van der Waals surface area contributed by atoms with Gasteiger partial charge in [0.1, 0.15) is 11.2 Å². The minimum Gasteiger partial charge on any atom is -0.453 e. The lowest BCUT2D eigenvalue weighted by atomic mass is 10.1. The van der Waals surface area contributed by atoms with Crippen LogP contribution in [-0.4, -0.2) is 56.9 Å². The molecule has 9 nitrogen and oxygen atoms in total. The van der Waals surface area contributed by atoms with Gasteiger partial charge in [-0.25, -0.2) is 4.79 Å². The number of esters is 1. The largest absolute Gasteiger partial charge is 0.453 e. The second-order valence-corrected chi connectivity index (χ2v) is 7.26. The fourth-order valence-corrected chi connectivity index (χ4v) is 4.01. The third-order valence-electron chi connectivity index (χ3n) is 4.39. The molecule has 0 aliphatic rings. The van der Waals surface area contributed by atoms with E-state index in [0.29, 0.717) is 22.7 Å². The maximum atomic E-state index is 12.6. The maximum absolute atomic E-state index is 12.6. The van der Waals surface area contributed by atoms with Gasteiger partial charge in [0.2, 0.25) is 5.78 Å². The Labute approximate surface area is 165 Å². The Morgan fingerprint density at radius 3 is 2.79 bits per heavy atom. The molecule has 0 saturated carbocycles.